The van der Waals surface area contributed by atoms with Crippen LogP contribution in [0.25, 0.3) is 5.65 Å². The lowest BCUT2D eigenvalue weighted by molar-refractivity contribution is 0.0765. The molecule has 0 spiro atoms. The summed E-state index contributed by atoms with van der Waals surface area (Å²) >= 11 is 0. The van der Waals surface area contributed by atoms with Crippen molar-refractivity contribution in [2.24, 2.45) is 0 Å². The molecular formula is C15H21N3O. The van der Waals surface area contributed by atoms with Crippen LogP contribution in [0.5, 0.6) is 0 Å². The number of aromatic nitrogens is 2. The molecule has 0 fully saturated rings. The van der Waals surface area contributed by atoms with Gasteiger partial charge in [0.05, 0.1) is 5.69 Å². The number of amides is 1. The second-order valence-corrected chi connectivity index (χ2v) is 4.62. The average molecular weight is 259 g/mol. The molecule has 0 aliphatic rings. The predicted molar refractivity (Wildman–Crippen MR) is 76.6 cm³/mol. The molecule has 0 bridgehead atoms. The van der Waals surface area contributed by atoms with E-state index in [1.54, 1.807) is 0 Å². The van der Waals surface area contributed by atoms with Crippen molar-refractivity contribution < 1.29 is 4.79 Å². The summed E-state index contributed by atoms with van der Waals surface area (Å²) in [6.45, 7) is 9.50. The van der Waals surface area contributed by atoms with Crippen LogP contribution in [0.1, 0.15) is 42.5 Å². The van der Waals surface area contributed by atoms with Crippen LogP contribution in [0.15, 0.2) is 18.3 Å². The zero-order valence-electron chi connectivity index (χ0n) is 12.1. The maximum absolute atomic E-state index is 12.6. The molecule has 0 radical (unpaired) electrons. The highest BCUT2D eigenvalue weighted by Gasteiger charge is 2.22. The molecule has 2 rings (SSSR count). The fraction of sp³-hybridized carbons (Fsp3) is 0.467. The van der Waals surface area contributed by atoms with Crippen molar-refractivity contribution in [3.8, 4) is 0 Å². The Bertz CT molecular complexity index is 597. The molecular weight excluding hydrogens is 238 g/mol. The summed E-state index contributed by atoms with van der Waals surface area (Å²) in [6, 6.07) is 3.98. The van der Waals surface area contributed by atoms with Crippen molar-refractivity contribution in [1.82, 2.24) is 14.3 Å². The molecule has 19 heavy (non-hydrogen) atoms. The molecule has 0 saturated carbocycles. The summed E-state index contributed by atoms with van der Waals surface area (Å²) in [5.74, 6) is 0.0694. The summed E-state index contributed by atoms with van der Waals surface area (Å²) < 4.78 is 1.93. The SMILES string of the molecule is CCc1nc2c(C)cccn2c1C(=O)N(CC)CC. The van der Waals surface area contributed by atoms with Crippen LogP contribution in [-0.4, -0.2) is 33.3 Å². The van der Waals surface area contributed by atoms with Gasteiger partial charge in [0.15, 0.2) is 0 Å². The molecule has 0 aliphatic heterocycles. The molecule has 1 amide bonds. The normalized spacial score (nSPS) is 10.9. The molecule has 102 valence electrons. The van der Waals surface area contributed by atoms with E-state index in [1.165, 1.54) is 0 Å². The number of hydrogen-bond acceptors (Lipinski definition) is 2. The Hall–Kier alpha value is -1.84. The van der Waals surface area contributed by atoms with Crippen LogP contribution < -0.4 is 0 Å². The third-order valence-corrected chi connectivity index (χ3v) is 3.51. The Labute approximate surface area is 114 Å². The lowest BCUT2D eigenvalue weighted by Gasteiger charge is -2.18. The molecule has 0 unspecified atom stereocenters. The monoisotopic (exact) mass is 259 g/mol. The zero-order chi connectivity index (χ0) is 14.0. The van der Waals surface area contributed by atoms with Gasteiger partial charge in [0.25, 0.3) is 5.91 Å². The van der Waals surface area contributed by atoms with Crippen molar-refractivity contribution in [2.45, 2.75) is 34.1 Å². The molecule has 4 heteroatoms. The van der Waals surface area contributed by atoms with Gasteiger partial charge in [0.2, 0.25) is 0 Å². The van der Waals surface area contributed by atoms with Crippen LogP contribution in [0.2, 0.25) is 0 Å². The molecule has 0 N–H and O–H groups in total. The number of pyridine rings is 1. The number of rotatable bonds is 4. The van der Waals surface area contributed by atoms with E-state index in [0.717, 1.165) is 36.4 Å². The number of hydrogen-bond donors (Lipinski definition) is 0. The molecule has 2 aromatic heterocycles. The van der Waals surface area contributed by atoms with Gasteiger partial charge in [-0.15, -0.1) is 0 Å². The van der Waals surface area contributed by atoms with Gasteiger partial charge in [-0.05, 0) is 38.8 Å². The lowest BCUT2D eigenvalue weighted by Crippen LogP contribution is -2.32. The standard InChI is InChI=1S/C15H21N3O/c1-5-12-13(15(19)17(6-2)7-3)18-10-8-9-11(4)14(18)16-12/h8-10H,5-7H2,1-4H3. The van der Waals surface area contributed by atoms with Crippen LogP contribution in [0.3, 0.4) is 0 Å². The minimum atomic E-state index is 0.0694. The first-order valence-corrected chi connectivity index (χ1v) is 6.89. The number of fused-ring (bicyclic) bond motifs is 1. The fourth-order valence-electron chi connectivity index (χ4n) is 2.38. The predicted octanol–water partition coefficient (Wildman–Crippen LogP) is 2.69. The van der Waals surface area contributed by atoms with E-state index >= 15 is 0 Å². The first kappa shape index (κ1) is 13.6. The van der Waals surface area contributed by atoms with Crippen molar-refractivity contribution >= 4 is 11.6 Å². The third-order valence-electron chi connectivity index (χ3n) is 3.51. The Morgan fingerprint density at radius 2 is 2.00 bits per heavy atom. The van der Waals surface area contributed by atoms with Crippen LogP contribution in [0.4, 0.5) is 0 Å². The molecule has 0 saturated heterocycles. The Morgan fingerprint density at radius 3 is 2.58 bits per heavy atom. The van der Waals surface area contributed by atoms with Crippen LogP contribution >= 0.6 is 0 Å². The van der Waals surface area contributed by atoms with Gasteiger partial charge >= 0.3 is 0 Å². The topological polar surface area (TPSA) is 37.6 Å². The van der Waals surface area contributed by atoms with Crippen molar-refractivity contribution in [3.63, 3.8) is 0 Å². The van der Waals surface area contributed by atoms with E-state index < -0.39 is 0 Å². The van der Waals surface area contributed by atoms with Gasteiger partial charge in [-0.1, -0.05) is 13.0 Å². The largest absolute Gasteiger partial charge is 0.338 e. The fourth-order valence-corrected chi connectivity index (χ4v) is 2.38. The summed E-state index contributed by atoms with van der Waals surface area (Å²) in [5, 5.41) is 0. The lowest BCUT2D eigenvalue weighted by atomic mass is 10.2. The van der Waals surface area contributed by atoms with E-state index in [2.05, 4.69) is 4.98 Å². The third kappa shape index (κ3) is 2.23. The molecule has 0 atom stereocenters. The highest BCUT2D eigenvalue weighted by atomic mass is 16.2. The molecule has 2 heterocycles. The van der Waals surface area contributed by atoms with Crippen LogP contribution in [0, 0.1) is 6.92 Å². The van der Waals surface area contributed by atoms with Gasteiger partial charge in [0.1, 0.15) is 11.3 Å². The Morgan fingerprint density at radius 1 is 1.32 bits per heavy atom. The summed E-state index contributed by atoms with van der Waals surface area (Å²) in [7, 11) is 0. The summed E-state index contributed by atoms with van der Waals surface area (Å²) in [5.41, 5.74) is 3.57. The van der Waals surface area contributed by atoms with Crippen molar-refractivity contribution in [1.29, 1.82) is 0 Å². The van der Waals surface area contributed by atoms with E-state index in [1.807, 2.05) is 55.3 Å². The zero-order valence-corrected chi connectivity index (χ0v) is 12.1. The van der Waals surface area contributed by atoms with E-state index in [9.17, 15) is 4.79 Å². The molecule has 2 aromatic rings. The van der Waals surface area contributed by atoms with Gasteiger partial charge in [0, 0.05) is 19.3 Å². The average Bonchev–Trinajstić information content (AvgIpc) is 2.80. The smallest absolute Gasteiger partial charge is 0.272 e. The van der Waals surface area contributed by atoms with E-state index in [-0.39, 0.29) is 5.91 Å². The highest BCUT2D eigenvalue weighted by Crippen LogP contribution is 2.18. The maximum atomic E-state index is 12.6. The number of nitrogens with zero attached hydrogens (tertiary/aromatic N) is 3. The second-order valence-electron chi connectivity index (χ2n) is 4.62. The highest BCUT2D eigenvalue weighted by molar-refractivity contribution is 5.95. The Kier molecular flexibility index (Phi) is 3.88. The first-order chi connectivity index (χ1) is 9.13. The molecule has 0 aliphatic carbocycles. The number of aryl methyl sites for hydroxylation is 2. The van der Waals surface area contributed by atoms with Gasteiger partial charge < -0.3 is 4.90 Å². The van der Waals surface area contributed by atoms with Crippen molar-refractivity contribution in [2.75, 3.05) is 13.1 Å². The van der Waals surface area contributed by atoms with Gasteiger partial charge in [-0.3, -0.25) is 9.20 Å². The second kappa shape index (κ2) is 5.43. The van der Waals surface area contributed by atoms with E-state index in [4.69, 9.17) is 0 Å². The number of carbonyl (C=O) groups excluding carboxylic acids is 1. The van der Waals surface area contributed by atoms with Gasteiger partial charge in [-0.25, -0.2) is 4.98 Å². The van der Waals surface area contributed by atoms with E-state index in [0.29, 0.717) is 5.69 Å². The number of carbonyl (C=O) groups is 1. The molecule has 0 aromatic carbocycles. The number of imidazole rings is 1. The molecule has 4 nitrogen and oxygen atoms in total. The quantitative estimate of drug-likeness (QED) is 0.846. The summed E-state index contributed by atoms with van der Waals surface area (Å²) in [4.78, 5) is 19.1. The van der Waals surface area contributed by atoms with Crippen molar-refractivity contribution in [3.05, 3.63) is 35.3 Å². The minimum absolute atomic E-state index is 0.0694. The first-order valence-electron chi connectivity index (χ1n) is 6.89. The van der Waals surface area contributed by atoms with Gasteiger partial charge in [-0.2, -0.15) is 0 Å². The Balaban J connectivity index is 2.64. The maximum Gasteiger partial charge on any atom is 0.272 e. The minimum Gasteiger partial charge on any atom is -0.338 e. The van der Waals surface area contributed by atoms with Crippen LogP contribution in [-0.2, 0) is 6.42 Å². The summed E-state index contributed by atoms with van der Waals surface area (Å²) in [6.07, 6.45) is 2.69.